The zero-order valence-corrected chi connectivity index (χ0v) is 29.7. The molecule has 50 heavy (non-hydrogen) atoms. The van der Waals surface area contributed by atoms with Crippen molar-refractivity contribution in [3.8, 4) is 11.5 Å². The number of halogens is 1. The Morgan fingerprint density at radius 1 is 0.880 bits per heavy atom. The smallest absolute Gasteiger partial charge is 0.266 e. The first-order valence-corrected chi connectivity index (χ1v) is 20.4. The summed E-state index contributed by atoms with van der Waals surface area (Å²) in [4.78, 5) is 15.5. The highest BCUT2D eigenvalue weighted by Crippen LogP contribution is 2.47. The van der Waals surface area contributed by atoms with Gasteiger partial charge in [0.05, 0.1) is 41.7 Å². The number of ether oxygens (including phenoxy) is 2. The van der Waals surface area contributed by atoms with Gasteiger partial charge in [-0.3, -0.25) is 14.4 Å². The molecule has 0 aliphatic carbocycles. The molecule has 10 heteroatoms. The third-order valence-corrected chi connectivity index (χ3v) is 12.7. The molecule has 1 unspecified atom stereocenters. The summed E-state index contributed by atoms with van der Waals surface area (Å²) >= 11 is 0. The summed E-state index contributed by atoms with van der Waals surface area (Å²) in [6, 6.07) is 32.7. The van der Waals surface area contributed by atoms with Crippen LogP contribution in [0.5, 0.6) is 11.5 Å². The van der Waals surface area contributed by atoms with Gasteiger partial charge in [0, 0.05) is 24.0 Å². The van der Waals surface area contributed by atoms with Crippen molar-refractivity contribution in [2.24, 2.45) is 5.92 Å². The molecule has 4 aromatic carbocycles. The highest BCUT2D eigenvalue weighted by molar-refractivity contribution is 6.72. The second kappa shape index (κ2) is 14.3. The number of rotatable bonds is 11. The van der Waals surface area contributed by atoms with Crippen molar-refractivity contribution in [3.63, 3.8) is 0 Å². The van der Waals surface area contributed by atoms with E-state index in [9.17, 15) is 9.90 Å². The average Bonchev–Trinajstić information content (AvgIpc) is 3.69. The lowest BCUT2D eigenvalue weighted by atomic mass is 9.95. The fourth-order valence-electron chi connectivity index (χ4n) is 7.73. The molecule has 1 N–H and O–H groups in total. The van der Waals surface area contributed by atoms with Crippen molar-refractivity contribution in [2.45, 2.75) is 69.5 Å². The minimum atomic E-state index is -3.04. The fourth-order valence-corrected chi connectivity index (χ4v) is 10.3. The van der Waals surface area contributed by atoms with Crippen molar-refractivity contribution in [1.82, 2.24) is 15.0 Å². The summed E-state index contributed by atoms with van der Waals surface area (Å²) in [5.74, 6) is 0.850. The van der Waals surface area contributed by atoms with E-state index in [-0.39, 0.29) is 42.1 Å². The number of carbonyl (C=O) groups excluding carboxylic acids is 1. The molecule has 2 aliphatic rings. The van der Waals surface area contributed by atoms with Gasteiger partial charge in [0.25, 0.3) is 5.91 Å². The summed E-state index contributed by atoms with van der Waals surface area (Å²) in [5, 5.41) is 18.8. The standard InChI is InChI=1S/C40H43FN4O4Si/c1-27-35(48-38(39(27)50(2,3)41)23-24-44-25-33(42-43-44)32(26-46)29-11-5-4-6-12-29)22-19-28-17-20-30(21-18-28)45-34-14-8-10-16-37(34)49-36-15-9-7-13-31(36)40(45)47/h4-18,20-21,25,27,32,35,38-39,46H,19,22-24,26H2,1-3H3/t27-,32?,35+,38-,39+/m1/s1. The van der Waals surface area contributed by atoms with Gasteiger partial charge < -0.3 is 18.7 Å². The van der Waals surface area contributed by atoms with Crippen LogP contribution in [-0.2, 0) is 17.7 Å². The quantitative estimate of drug-likeness (QED) is 0.111. The van der Waals surface area contributed by atoms with Crippen LogP contribution in [-0.4, -0.2) is 53.2 Å². The Morgan fingerprint density at radius 3 is 2.32 bits per heavy atom. The Hall–Kier alpha value is -4.64. The van der Waals surface area contributed by atoms with Gasteiger partial charge in [0.15, 0.2) is 5.75 Å². The second-order valence-electron chi connectivity index (χ2n) is 13.9. The van der Waals surface area contributed by atoms with Crippen LogP contribution >= 0.6 is 0 Å². The van der Waals surface area contributed by atoms with Crippen LogP contribution in [0.25, 0.3) is 0 Å². The third-order valence-electron chi connectivity index (χ3n) is 10.2. The molecule has 7 rings (SSSR count). The maximum Gasteiger partial charge on any atom is 0.266 e. The van der Waals surface area contributed by atoms with Gasteiger partial charge in [0.1, 0.15) is 5.75 Å². The van der Waals surface area contributed by atoms with E-state index < -0.39 is 8.41 Å². The molecule has 1 aromatic heterocycles. The van der Waals surface area contributed by atoms with Gasteiger partial charge in [-0.25, -0.2) is 0 Å². The number of anilines is 2. The summed E-state index contributed by atoms with van der Waals surface area (Å²) in [5.41, 5.74) is 4.65. The van der Waals surface area contributed by atoms with E-state index in [0.717, 1.165) is 29.7 Å². The van der Waals surface area contributed by atoms with Crippen LogP contribution in [0, 0.1) is 5.92 Å². The Kier molecular flexibility index (Phi) is 9.68. The molecule has 5 atom stereocenters. The minimum Gasteiger partial charge on any atom is -0.454 e. The number of nitrogens with zero attached hydrogens (tertiary/aromatic N) is 4. The maximum absolute atomic E-state index is 15.8. The highest BCUT2D eigenvalue weighted by atomic mass is 28.4. The normalized spacial score (nSPS) is 20.9. The first-order chi connectivity index (χ1) is 24.2. The van der Waals surface area contributed by atoms with E-state index in [0.29, 0.717) is 41.4 Å². The predicted octanol–water partition coefficient (Wildman–Crippen LogP) is 8.46. The zero-order chi connectivity index (χ0) is 34.8. The van der Waals surface area contributed by atoms with Crippen molar-refractivity contribution >= 4 is 25.7 Å². The monoisotopic (exact) mass is 690 g/mol. The average molecular weight is 691 g/mol. The molecule has 258 valence electrons. The molecular formula is C40H43FN4O4Si. The summed E-state index contributed by atoms with van der Waals surface area (Å²) < 4.78 is 30.4. The number of aryl methyl sites for hydroxylation is 2. The number of hydrogen-bond donors (Lipinski definition) is 1. The number of para-hydroxylation sites is 3. The molecule has 1 saturated heterocycles. The fraction of sp³-hybridized carbons (Fsp3) is 0.325. The number of hydrogen-bond acceptors (Lipinski definition) is 6. The lowest BCUT2D eigenvalue weighted by Gasteiger charge is -2.28. The molecule has 0 radical (unpaired) electrons. The van der Waals surface area contributed by atoms with Crippen LogP contribution in [0.3, 0.4) is 0 Å². The summed E-state index contributed by atoms with van der Waals surface area (Å²) in [6.07, 6.45) is 3.78. The SMILES string of the molecule is C[C@H]1[C@H]([Si](C)(C)F)[C@@H](CCn2cc(C(CO)c3ccccc3)nn2)O[C@H]1CCc1ccc(N2C(=O)c3ccccc3Oc3ccccc32)cc1. The molecule has 1 amide bonds. The Bertz CT molecular complexity index is 1930. The number of aliphatic hydroxyl groups is 1. The summed E-state index contributed by atoms with van der Waals surface area (Å²) in [7, 11) is -3.04. The van der Waals surface area contributed by atoms with E-state index >= 15 is 4.11 Å². The van der Waals surface area contributed by atoms with Gasteiger partial charge in [0.2, 0.25) is 8.41 Å². The van der Waals surface area contributed by atoms with Crippen molar-refractivity contribution < 1.29 is 23.5 Å². The van der Waals surface area contributed by atoms with Crippen LogP contribution in [0.1, 0.15) is 52.9 Å². The van der Waals surface area contributed by atoms with Gasteiger partial charge in [-0.2, -0.15) is 0 Å². The van der Waals surface area contributed by atoms with Crippen molar-refractivity contribution in [2.75, 3.05) is 11.5 Å². The first-order valence-electron chi connectivity index (χ1n) is 17.4. The molecule has 0 bridgehead atoms. The number of aliphatic hydroxyl groups excluding tert-OH is 1. The van der Waals surface area contributed by atoms with Gasteiger partial charge in [-0.05, 0) is 85.8 Å². The third kappa shape index (κ3) is 6.88. The topological polar surface area (TPSA) is 89.7 Å². The van der Waals surface area contributed by atoms with E-state index in [2.05, 4.69) is 29.4 Å². The van der Waals surface area contributed by atoms with E-state index in [1.165, 1.54) is 0 Å². The predicted molar refractivity (Wildman–Crippen MR) is 194 cm³/mol. The number of fused-ring (bicyclic) bond motifs is 2. The van der Waals surface area contributed by atoms with Crippen LogP contribution in [0.15, 0.2) is 109 Å². The largest absolute Gasteiger partial charge is 0.454 e. The number of benzene rings is 4. The van der Waals surface area contributed by atoms with Crippen LogP contribution in [0.2, 0.25) is 18.6 Å². The highest BCUT2D eigenvalue weighted by Gasteiger charge is 2.50. The van der Waals surface area contributed by atoms with E-state index in [1.807, 2.05) is 91.1 Å². The summed E-state index contributed by atoms with van der Waals surface area (Å²) in [6.45, 7) is 6.20. The molecule has 0 spiro atoms. The molecule has 1 fully saturated rings. The van der Waals surface area contributed by atoms with E-state index in [4.69, 9.17) is 9.47 Å². The lowest BCUT2D eigenvalue weighted by molar-refractivity contribution is 0.0247. The van der Waals surface area contributed by atoms with Gasteiger partial charge in [-0.15, -0.1) is 5.10 Å². The Morgan fingerprint density at radius 2 is 1.58 bits per heavy atom. The molecule has 2 aliphatic heterocycles. The van der Waals surface area contributed by atoms with Crippen molar-refractivity contribution in [3.05, 3.63) is 132 Å². The zero-order valence-electron chi connectivity index (χ0n) is 28.7. The van der Waals surface area contributed by atoms with Gasteiger partial charge in [-0.1, -0.05) is 78.9 Å². The Balaban J connectivity index is 1.02. The molecular weight excluding hydrogens is 648 g/mol. The second-order valence-corrected chi connectivity index (χ2v) is 17.7. The first kappa shape index (κ1) is 33.8. The molecule has 8 nitrogen and oxygen atoms in total. The molecule has 3 heterocycles. The maximum atomic E-state index is 15.8. The van der Waals surface area contributed by atoms with Crippen molar-refractivity contribution in [1.29, 1.82) is 0 Å². The molecule has 5 aromatic rings. The number of aromatic nitrogens is 3. The minimum absolute atomic E-state index is 0.0616. The van der Waals surface area contributed by atoms with Gasteiger partial charge >= 0.3 is 0 Å². The van der Waals surface area contributed by atoms with Crippen LogP contribution < -0.4 is 9.64 Å². The number of carbonyl (C=O) groups is 1. The van der Waals surface area contributed by atoms with E-state index in [1.54, 1.807) is 28.7 Å². The lowest BCUT2D eigenvalue weighted by Crippen LogP contribution is -2.36. The van der Waals surface area contributed by atoms with Crippen LogP contribution in [0.4, 0.5) is 15.5 Å². The Labute approximate surface area is 293 Å². The molecule has 0 saturated carbocycles. The number of amides is 1.